The zero-order valence-corrected chi connectivity index (χ0v) is 12.0. The Hall–Kier alpha value is -1.72. The van der Waals surface area contributed by atoms with Gasteiger partial charge in [-0.25, -0.2) is 5.48 Å². The first-order chi connectivity index (χ1) is 10.2. The molecule has 0 saturated carbocycles. The van der Waals surface area contributed by atoms with Crippen molar-refractivity contribution in [3.63, 3.8) is 0 Å². The summed E-state index contributed by atoms with van der Waals surface area (Å²) < 4.78 is 0. The zero-order valence-electron chi connectivity index (χ0n) is 12.0. The molecule has 1 aliphatic rings. The van der Waals surface area contributed by atoms with Gasteiger partial charge in [0.2, 0.25) is 5.91 Å². The van der Waals surface area contributed by atoms with Crippen LogP contribution in [0, 0.1) is 5.92 Å². The minimum absolute atomic E-state index is 0.160. The Morgan fingerprint density at radius 1 is 1.29 bits per heavy atom. The minimum atomic E-state index is -0.394. The maximum absolute atomic E-state index is 12.5. The number of hydrogen-bond donors (Lipinski definition) is 3. The highest BCUT2D eigenvalue weighted by molar-refractivity contribution is 5.86. The fourth-order valence-electron chi connectivity index (χ4n) is 2.92. The van der Waals surface area contributed by atoms with Crippen molar-refractivity contribution in [1.82, 2.24) is 10.8 Å². The molecular formula is C16H22N2O3. The standard InChI is InChI=1S/C16H22N2O3/c19-14(11-12-5-2-1-3-6-12)16-13(7-4-10-17-16)8-9-15(20)18-21/h1-3,5-6,13,16-17,21H,4,7-11H2,(H,18,20). The third-order valence-electron chi connectivity index (χ3n) is 4.02. The number of rotatable bonds is 6. The number of benzene rings is 1. The predicted molar refractivity (Wildman–Crippen MR) is 78.8 cm³/mol. The van der Waals surface area contributed by atoms with Gasteiger partial charge in [-0.3, -0.25) is 14.8 Å². The van der Waals surface area contributed by atoms with Crippen LogP contribution in [0.5, 0.6) is 0 Å². The highest BCUT2D eigenvalue weighted by Crippen LogP contribution is 2.23. The first-order valence-corrected chi connectivity index (χ1v) is 7.43. The molecule has 1 aliphatic heterocycles. The van der Waals surface area contributed by atoms with Gasteiger partial charge in [-0.1, -0.05) is 30.3 Å². The molecule has 1 heterocycles. The molecule has 21 heavy (non-hydrogen) atoms. The molecule has 0 spiro atoms. The maximum Gasteiger partial charge on any atom is 0.243 e. The summed E-state index contributed by atoms with van der Waals surface area (Å²) in [5, 5.41) is 11.8. The number of hydroxylamine groups is 1. The number of hydrogen-bond acceptors (Lipinski definition) is 4. The lowest BCUT2D eigenvalue weighted by atomic mass is 9.83. The average Bonchev–Trinajstić information content (AvgIpc) is 2.53. The zero-order chi connectivity index (χ0) is 15.1. The van der Waals surface area contributed by atoms with Crippen molar-refractivity contribution in [2.24, 2.45) is 5.92 Å². The molecule has 0 radical (unpaired) electrons. The summed E-state index contributed by atoms with van der Waals surface area (Å²) >= 11 is 0. The summed E-state index contributed by atoms with van der Waals surface area (Å²) in [6.07, 6.45) is 3.24. The van der Waals surface area contributed by atoms with E-state index in [9.17, 15) is 9.59 Å². The summed E-state index contributed by atoms with van der Waals surface area (Å²) in [5.41, 5.74) is 2.66. The second-order valence-electron chi connectivity index (χ2n) is 5.54. The van der Waals surface area contributed by atoms with Crippen molar-refractivity contribution < 1.29 is 14.8 Å². The Bertz CT molecular complexity index is 476. The highest BCUT2D eigenvalue weighted by atomic mass is 16.5. The van der Waals surface area contributed by atoms with E-state index in [-0.39, 0.29) is 24.2 Å². The summed E-state index contributed by atoms with van der Waals surface area (Å²) in [4.78, 5) is 23.6. The van der Waals surface area contributed by atoms with Gasteiger partial charge in [0, 0.05) is 12.8 Å². The molecule has 2 atom stereocenters. The summed E-state index contributed by atoms with van der Waals surface area (Å²) in [7, 11) is 0. The number of nitrogens with one attached hydrogen (secondary N) is 2. The van der Waals surface area contributed by atoms with Gasteiger partial charge in [-0.2, -0.15) is 0 Å². The smallest absolute Gasteiger partial charge is 0.243 e. The molecule has 0 aromatic heterocycles. The number of carbonyl (C=O) groups excluding carboxylic acids is 2. The van der Waals surface area contributed by atoms with Crippen LogP contribution >= 0.6 is 0 Å². The Morgan fingerprint density at radius 2 is 2.05 bits per heavy atom. The summed E-state index contributed by atoms with van der Waals surface area (Å²) in [6.45, 7) is 0.841. The predicted octanol–water partition coefficient (Wildman–Crippen LogP) is 1.45. The molecule has 0 bridgehead atoms. The molecule has 1 aromatic rings. The first-order valence-electron chi connectivity index (χ1n) is 7.43. The fourth-order valence-corrected chi connectivity index (χ4v) is 2.92. The highest BCUT2D eigenvalue weighted by Gasteiger charge is 2.30. The van der Waals surface area contributed by atoms with E-state index in [4.69, 9.17) is 5.21 Å². The lowest BCUT2D eigenvalue weighted by Crippen LogP contribution is -2.47. The topological polar surface area (TPSA) is 78.4 Å². The molecule has 1 aromatic carbocycles. The molecule has 114 valence electrons. The van der Waals surface area contributed by atoms with Crippen LogP contribution in [-0.4, -0.2) is 29.5 Å². The van der Waals surface area contributed by atoms with Gasteiger partial charge in [0.25, 0.3) is 0 Å². The van der Waals surface area contributed by atoms with Gasteiger partial charge in [0.15, 0.2) is 5.78 Å². The van der Waals surface area contributed by atoms with Crippen LogP contribution in [0.4, 0.5) is 0 Å². The second kappa shape index (κ2) is 7.90. The number of piperidine rings is 1. The van der Waals surface area contributed by atoms with Crippen LogP contribution in [0.1, 0.15) is 31.2 Å². The Balaban J connectivity index is 1.94. The molecule has 1 amide bonds. The molecule has 2 unspecified atom stereocenters. The minimum Gasteiger partial charge on any atom is -0.307 e. The third kappa shape index (κ3) is 4.65. The molecule has 1 saturated heterocycles. The van der Waals surface area contributed by atoms with Gasteiger partial charge in [0.1, 0.15) is 0 Å². The second-order valence-corrected chi connectivity index (χ2v) is 5.54. The summed E-state index contributed by atoms with van der Waals surface area (Å²) in [6, 6.07) is 9.51. The van der Waals surface area contributed by atoms with Gasteiger partial charge >= 0.3 is 0 Å². The van der Waals surface area contributed by atoms with Gasteiger partial charge in [-0.15, -0.1) is 0 Å². The van der Waals surface area contributed by atoms with E-state index in [0.717, 1.165) is 24.9 Å². The molecular weight excluding hydrogens is 268 g/mol. The van der Waals surface area contributed by atoms with Crippen LogP contribution < -0.4 is 10.8 Å². The molecule has 5 nitrogen and oxygen atoms in total. The van der Waals surface area contributed by atoms with Crippen molar-refractivity contribution in [3.8, 4) is 0 Å². The van der Waals surface area contributed by atoms with Gasteiger partial charge < -0.3 is 5.32 Å². The first kappa shape index (κ1) is 15.7. The summed E-state index contributed by atoms with van der Waals surface area (Å²) in [5.74, 6) is -0.0580. The van der Waals surface area contributed by atoms with Crippen molar-refractivity contribution >= 4 is 11.7 Å². The SMILES string of the molecule is O=C(CCC1CCCNC1C(=O)Cc1ccccc1)NO. The maximum atomic E-state index is 12.5. The Morgan fingerprint density at radius 3 is 2.76 bits per heavy atom. The van der Waals surface area contributed by atoms with E-state index < -0.39 is 5.91 Å². The van der Waals surface area contributed by atoms with Crippen LogP contribution in [0.2, 0.25) is 0 Å². The largest absolute Gasteiger partial charge is 0.307 e. The molecule has 1 fully saturated rings. The Labute approximate surface area is 124 Å². The van der Waals surface area contributed by atoms with E-state index >= 15 is 0 Å². The fraction of sp³-hybridized carbons (Fsp3) is 0.500. The van der Waals surface area contributed by atoms with Crippen molar-refractivity contribution in [3.05, 3.63) is 35.9 Å². The van der Waals surface area contributed by atoms with Crippen LogP contribution in [0.3, 0.4) is 0 Å². The van der Waals surface area contributed by atoms with Crippen LogP contribution in [-0.2, 0) is 16.0 Å². The van der Waals surface area contributed by atoms with Crippen LogP contribution in [0.25, 0.3) is 0 Å². The van der Waals surface area contributed by atoms with Gasteiger partial charge in [-0.05, 0) is 37.3 Å². The number of carbonyl (C=O) groups is 2. The van der Waals surface area contributed by atoms with Crippen molar-refractivity contribution in [2.75, 3.05) is 6.54 Å². The van der Waals surface area contributed by atoms with Crippen LogP contribution in [0.15, 0.2) is 30.3 Å². The Kier molecular flexibility index (Phi) is 5.90. The van der Waals surface area contributed by atoms with E-state index in [2.05, 4.69) is 5.32 Å². The quantitative estimate of drug-likeness (QED) is 0.547. The molecule has 2 rings (SSSR count). The lowest BCUT2D eigenvalue weighted by molar-refractivity contribution is -0.130. The number of Topliss-reactive ketones (excluding diaryl/α,β-unsaturated/α-hetero) is 1. The van der Waals surface area contributed by atoms with Gasteiger partial charge in [0.05, 0.1) is 6.04 Å². The van der Waals surface area contributed by atoms with Crippen molar-refractivity contribution in [1.29, 1.82) is 0 Å². The number of ketones is 1. The molecule has 5 heteroatoms. The molecule has 0 aliphatic carbocycles. The monoisotopic (exact) mass is 290 g/mol. The van der Waals surface area contributed by atoms with E-state index in [1.54, 1.807) is 5.48 Å². The average molecular weight is 290 g/mol. The number of amides is 1. The lowest BCUT2D eigenvalue weighted by Gasteiger charge is -2.31. The normalized spacial score (nSPS) is 21.8. The third-order valence-corrected chi connectivity index (χ3v) is 4.02. The van der Waals surface area contributed by atoms with Crippen molar-refractivity contribution in [2.45, 2.75) is 38.1 Å². The molecule has 3 N–H and O–H groups in total. The van der Waals surface area contributed by atoms with E-state index in [1.165, 1.54) is 0 Å². The van der Waals surface area contributed by atoms with E-state index in [1.807, 2.05) is 30.3 Å². The van der Waals surface area contributed by atoms with E-state index in [0.29, 0.717) is 12.8 Å².